The zero-order chi connectivity index (χ0) is 19.6. The highest BCUT2D eigenvalue weighted by Gasteiger charge is 2.21. The van der Waals surface area contributed by atoms with Crippen LogP contribution in [-0.4, -0.2) is 15.7 Å². The molecule has 0 atom stereocenters. The second-order valence-electron chi connectivity index (χ2n) is 5.52. The fourth-order valence-corrected chi connectivity index (χ4v) is 2.21. The molecule has 1 amide bonds. The maximum Gasteiger partial charge on any atom is 0.287 e. The van der Waals surface area contributed by atoms with Crippen LogP contribution in [0.3, 0.4) is 0 Å². The molecule has 2 heterocycles. The minimum atomic E-state index is -1.66. The Morgan fingerprint density at radius 1 is 1.19 bits per heavy atom. The summed E-state index contributed by atoms with van der Waals surface area (Å²) < 4.78 is 64.9. The van der Waals surface area contributed by atoms with Crippen molar-refractivity contribution >= 4 is 5.91 Å². The van der Waals surface area contributed by atoms with Crippen LogP contribution in [0.1, 0.15) is 22.0 Å². The Labute approximate surface area is 150 Å². The first kappa shape index (κ1) is 18.5. The maximum atomic E-state index is 13.5. The van der Waals surface area contributed by atoms with Gasteiger partial charge in [-0.2, -0.15) is 13.9 Å². The number of halogens is 4. The maximum absolute atomic E-state index is 13.5. The molecule has 1 N–H and O–H groups in total. The van der Waals surface area contributed by atoms with Gasteiger partial charge in [0.2, 0.25) is 11.6 Å². The van der Waals surface area contributed by atoms with Crippen molar-refractivity contribution in [3.8, 4) is 5.75 Å². The Hall–Kier alpha value is -3.30. The van der Waals surface area contributed by atoms with E-state index >= 15 is 0 Å². The third-order valence-corrected chi connectivity index (χ3v) is 3.51. The van der Waals surface area contributed by atoms with Crippen molar-refractivity contribution in [2.45, 2.75) is 13.2 Å². The molecular weight excluding hydrogens is 370 g/mol. The fourth-order valence-electron chi connectivity index (χ4n) is 2.21. The predicted molar refractivity (Wildman–Crippen MR) is 83.7 cm³/mol. The van der Waals surface area contributed by atoms with E-state index in [0.29, 0.717) is 5.69 Å². The molecule has 0 spiro atoms. The summed E-state index contributed by atoms with van der Waals surface area (Å²) in [6.45, 7) is -0.366. The van der Waals surface area contributed by atoms with Crippen LogP contribution in [0.2, 0.25) is 0 Å². The summed E-state index contributed by atoms with van der Waals surface area (Å²) in [5.74, 6) is -8.28. The number of aromatic nitrogens is 2. The number of nitrogens with zero attached hydrogens (tertiary/aromatic N) is 2. The summed E-state index contributed by atoms with van der Waals surface area (Å²) >= 11 is 0. The van der Waals surface area contributed by atoms with Crippen molar-refractivity contribution in [1.29, 1.82) is 0 Å². The molecule has 142 valence electrons. The Morgan fingerprint density at radius 2 is 1.89 bits per heavy atom. The first-order chi connectivity index (χ1) is 12.8. The second kappa shape index (κ2) is 7.52. The van der Waals surface area contributed by atoms with Crippen molar-refractivity contribution in [1.82, 2.24) is 15.1 Å². The molecule has 3 aromatic rings. The molecule has 0 aliphatic carbocycles. The topological polar surface area (TPSA) is 69.3 Å². The van der Waals surface area contributed by atoms with Crippen LogP contribution < -0.4 is 10.1 Å². The number of carbonyl (C=O) groups excluding carboxylic acids is 1. The molecule has 0 aliphatic rings. The molecule has 2 aromatic heterocycles. The molecule has 6 nitrogen and oxygen atoms in total. The molecular formula is C17H13F4N3O3. The smallest absolute Gasteiger partial charge is 0.287 e. The quantitative estimate of drug-likeness (QED) is 0.525. The highest BCUT2D eigenvalue weighted by Crippen LogP contribution is 2.27. The number of benzene rings is 1. The third kappa shape index (κ3) is 4.10. The van der Waals surface area contributed by atoms with Gasteiger partial charge in [-0.1, -0.05) is 0 Å². The highest BCUT2D eigenvalue weighted by atomic mass is 19.2. The number of rotatable bonds is 6. The Kier molecular flexibility index (Phi) is 5.15. The molecule has 3 rings (SSSR count). The van der Waals surface area contributed by atoms with Crippen molar-refractivity contribution in [3.63, 3.8) is 0 Å². The minimum absolute atomic E-state index is 0.0291. The normalized spacial score (nSPS) is 10.9. The van der Waals surface area contributed by atoms with E-state index in [-0.39, 0.29) is 24.1 Å². The molecule has 1 aromatic carbocycles. The van der Waals surface area contributed by atoms with Gasteiger partial charge in [-0.05, 0) is 18.2 Å². The molecule has 10 heteroatoms. The summed E-state index contributed by atoms with van der Waals surface area (Å²) in [5, 5.41) is 6.67. The Bertz CT molecular complexity index is 958. The molecule has 0 radical (unpaired) electrons. The van der Waals surface area contributed by atoms with E-state index < -0.39 is 41.5 Å². The number of nitrogens with one attached hydrogen (secondary N) is 1. The predicted octanol–water partition coefficient (Wildman–Crippen LogP) is 3.08. The van der Waals surface area contributed by atoms with Gasteiger partial charge in [-0.3, -0.25) is 9.48 Å². The van der Waals surface area contributed by atoms with Crippen LogP contribution in [-0.2, 0) is 20.2 Å². The van der Waals surface area contributed by atoms with Crippen molar-refractivity contribution in [2.24, 2.45) is 7.05 Å². The van der Waals surface area contributed by atoms with Crippen LogP contribution in [0.4, 0.5) is 17.6 Å². The summed E-state index contributed by atoms with van der Waals surface area (Å²) in [7, 11) is 1.74. The SMILES string of the molecule is Cn1ccc(CNC(=O)c2ccc(COc3c(F)c(F)cc(F)c3F)o2)n1. The lowest BCUT2D eigenvalue weighted by Gasteiger charge is -2.08. The number of aryl methyl sites for hydroxylation is 1. The number of amides is 1. The molecule has 0 saturated carbocycles. The first-order valence-electron chi connectivity index (χ1n) is 7.66. The molecule has 0 aliphatic heterocycles. The van der Waals surface area contributed by atoms with Crippen LogP contribution >= 0.6 is 0 Å². The lowest BCUT2D eigenvalue weighted by Crippen LogP contribution is -2.22. The van der Waals surface area contributed by atoms with Crippen LogP contribution in [0, 0.1) is 23.3 Å². The zero-order valence-corrected chi connectivity index (χ0v) is 13.9. The van der Waals surface area contributed by atoms with E-state index in [1.165, 1.54) is 12.1 Å². The monoisotopic (exact) mass is 383 g/mol. The molecule has 27 heavy (non-hydrogen) atoms. The van der Waals surface area contributed by atoms with Gasteiger partial charge in [0.1, 0.15) is 12.4 Å². The van der Waals surface area contributed by atoms with E-state index in [9.17, 15) is 22.4 Å². The van der Waals surface area contributed by atoms with Gasteiger partial charge >= 0.3 is 0 Å². The second-order valence-corrected chi connectivity index (χ2v) is 5.52. The number of hydrogen-bond donors (Lipinski definition) is 1. The molecule has 0 bridgehead atoms. The van der Waals surface area contributed by atoms with E-state index in [1.807, 2.05) is 0 Å². The van der Waals surface area contributed by atoms with E-state index in [4.69, 9.17) is 9.15 Å². The average Bonchev–Trinajstić information content (AvgIpc) is 3.27. The summed E-state index contributed by atoms with van der Waals surface area (Å²) in [5.41, 5.74) is 0.639. The van der Waals surface area contributed by atoms with E-state index in [1.54, 1.807) is 24.0 Å². The van der Waals surface area contributed by atoms with E-state index in [0.717, 1.165) is 0 Å². The van der Waals surface area contributed by atoms with Gasteiger partial charge in [0, 0.05) is 19.3 Å². The van der Waals surface area contributed by atoms with Gasteiger partial charge in [-0.15, -0.1) is 0 Å². The number of ether oxygens (including phenoxy) is 1. The van der Waals surface area contributed by atoms with E-state index in [2.05, 4.69) is 10.4 Å². The van der Waals surface area contributed by atoms with Gasteiger partial charge < -0.3 is 14.5 Å². The van der Waals surface area contributed by atoms with Crippen molar-refractivity contribution in [3.05, 3.63) is 70.9 Å². The lowest BCUT2D eigenvalue weighted by atomic mass is 10.3. The number of carbonyl (C=O) groups is 1. The highest BCUT2D eigenvalue weighted by molar-refractivity contribution is 5.91. The van der Waals surface area contributed by atoms with Gasteiger partial charge in [0.05, 0.1) is 12.2 Å². The van der Waals surface area contributed by atoms with Gasteiger partial charge in [0.25, 0.3) is 5.91 Å². The fraction of sp³-hybridized carbons (Fsp3) is 0.176. The molecule has 0 unspecified atom stereocenters. The standard InChI is InChI=1S/C17H13F4N3O3/c1-24-5-4-9(23-24)7-22-17(25)13-3-2-10(27-13)8-26-16-14(20)11(18)6-12(19)15(16)21/h2-6H,7-8H2,1H3,(H,22,25). The Morgan fingerprint density at radius 3 is 2.52 bits per heavy atom. The Balaban J connectivity index is 1.62. The lowest BCUT2D eigenvalue weighted by molar-refractivity contribution is 0.0918. The zero-order valence-electron chi connectivity index (χ0n) is 13.9. The van der Waals surface area contributed by atoms with Gasteiger partial charge in [-0.25, -0.2) is 8.78 Å². The molecule has 0 fully saturated rings. The summed E-state index contributed by atoms with van der Waals surface area (Å²) in [6.07, 6.45) is 1.72. The third-order valence-electron chi connectivity index (χ3n) is 3.51. The minimum Gasteiger partial charge on any atom is -0.479 e. The average molecular weight is 383 g/mol. The van der Waals surface area contributed by atoms with Crippen molar-refractivity contribution < 1.29 is 31.5 Å². The summed E-state index contributed by atoms with van der Waals surface area (Å²) in [4.78, 5) is 12.0. The van der Waals surface area contributed by atoms with Crippen LogP contribution in [0.25, 0.3) is 0 Å². The molecule has 0 saturated heterocycles. The number of hydrogen-bond acceptors (Lipinski definition) is 4. The van der Waals surface area contributed by atoms with Gasteiger partial charge in [0.15, 0.2) is 23.1 Å². The summed E-state index contributed by atoms with van der Waals surface area (Å²) in [6, 6.07) is 4.46. The van der Waals surface area contributed by atoms with Crippen LogP contribution in [0.5, 0.6) is 5.75 Å². The largest absolute Gasteiger partial charge is 0.479 e. The first-order valence-corrected chi connectivity index (χ1v) is 7.66. The number of furan rings is 1. The van der Waals surface area contributed by atoms with Crippen molar-refractivity contribution in [2.75, 3.05) is 0 Å². The van der Waals surface area contributed by atoms with Crippen LogP contribution in [0.15, 0.2) is 34.9 Å².